The highest BCUT2D eigenvalue weighted by molar-refractivity contribution is 5.78. The molecule has 0 saturated carbocycles. The second-order valence-electron chi connectivity index (χ2n) is 7.37. The van der Waals surface area contributed by atoms with Gasteiger partial charge in [-0.1, -0.05) is 56.3 Å². The Balaban J connectivity index is 0.00000166. The van der Waals surface area contributed by atoms with Gasteiger partial charge < -0.3 is 15.2 Å². The molecule has 0 heterocycles. The average Bonchev–Trinajstić information content (AvgIpc) is 2.75. The molecule has 164 valence electrons. The first-order chi connectivity index (χ1) is 14.9. The molecule has 0 aromatic heterocycles. The van der Waals surface area contributed by atoms with Crippen LogP contribution in [0, 0.1) is 20.8 Å². The van der Waals surface area contributed by atoms with E-state index in [1.165, 1.54) is 5.56 Å². The topological polar surface area (TPSA) is 58.6 Å². The number of phenolic OH excluding ortho intramolecular Hbond substituents is 1. The predicted octanol–water partition coefficient (Wildman–Crippen LogP) is 6.04. The van der Waals surface area contributed by atoms with E-state index in [9.17, 15) is 9.90 Å². The van der Waals surface area contributed by atoms with Crippen LogP contribution in [0.3, 0.4) is 0 Å². The van der Waals surface area contributed by atoms with Crippen LogP contribution in [0.25, 0.3) is 0 Å². The fraction of sp³-hybridized carbons (Fsp3) is 0.296. The summed E-state index contributed by atoms with van der Waals surface area (Å²) >= 11 is 0. The Labute approximate surface area is 185 Å². The van der Waals surface area contributed by atoms with Crippen LogP contribution in [0.2, 0.25) is 0 Å². The van der Waals surface area contributed by atoms with Gasteiger partial charge in [-0.2, -0.15) is 0 Å². The molecule has 0 unspecified atom stereocenters. The first-order valence-corrected chi connectivity index (χ1v) is 10.8. The zero-order chi connectivity index (χ0) is 22.8. The van der Waals surface area contributed by atoms with Crippen molar-refractivity contribution in [2.75, 3.05) is 6.54 Å². The molecule has 0 fully saturated rings. The summed E-state index contributed by atoms with van der Waals surface area (Å²) in [6.45, 7) is 10.4. The minimum atomic E-state index is 0.0163. The van der Waals surface area contributed by atoms with Crippen LogP contribution < -0.4 is 10.1 Å². The van der Waals surface area contributed by atoms with Gasteiger partial charge in [0.2, 0.25) is 5.91 Å². The molecule has 3 aromatic rings. The Bertz CT molecular complexity index is 974. The molecule has 0 saturated heterocycles. The zero-order valence-electron chi connectivity index (χ0n) is 19.2. The predicted molar refractivity (Wildman–Crippen MR) is 127 cm³/mol. The quantitative estimate of drug-likeness (QED) is 0.491. The SMILES string of the molecule is CC.Cc1cc(Oc2c(C)cc(CC(=O)NCCc3ccccc3)cc2C)ccc1O. The van der Waals surface area contributed by atoms with E-state index in [0.717, 1.165) is 34.4 Å². The number of carbonyl (C=O) groups is 1. The number of hydrogen-bond acceptors (Lipinski definition) is 3. The van der Waals surface area contributed by atoms with Gasteiger partial charge in [-0.05, 0) is 73.2 Å². The molecular formula is C27H33NO3. The number of phenols is 1. The first-order valence-electron chi connectivity index (χ1n) is 10.8. The summed E-state index contributed by atoms with van der Waals surface area (Å²) in [6.07, 6.45) is 1.17. The number of carbonyl (C=O) groups excluding carboxylic acids is 1. The van der Waals surface area contributed by atoms with E-state index >= 15 is 0 Å². The van der Waals surface area contributed by atoms with Gasteiger partial charge in [0.25, 0.3) is 0 Å². The molecule has 1 amide bonds. The summed E-state index contributed by atoms with van der Waals surface area (Å²) < 4.78 is 6.04. The molecule has 0 aliphatic rings. The summed E-state index contributed by atoms with van der Waals surface area (Å²) in [7, 11) is 0. The highest BCUT2D eigenvalue weighted by Gasteiger charge is 2.11. The Morgan fingerprint density at radius 2 is 1.52 bits per heavy atom. The van der Waals surface area contributed by atoms with Gasteiger partial charge in [-0.3, -0.25) is 4.79 Å². The third kappa shape index (κ3) is 7.18. The Morgan fingerprint density at radius 3 is 2.13 bits per heavy atom. The van der Waals surface area contributed by atoms with Gasteiger partial charge in [0.1, 0.15) is 17.2 Å². The van der Waals surface area contributed by atoms with E-state index in [0.29, 0.717) is 18.7 Å². The highest BCUT2D eigenvalue weighted by Crippen LogP contribution is 2.32. The summed E-state index contributed by atoms with van der Waals surface area (Å²) in [5, 5.41) is 12.7. The van der Waals surface area contributed by atoms with E-state index in [1.54, 1.807) is 12.1 Å². The average molecular weight is 420 g/mol. The van der Waals surface area contributed by atoms with E-state index in [4.69, 9.17) is 4.74 Å². The maximum Gasteiger partial charge on any atom is 0.224 e. The summed E-state index contributed by atoms with van der Waals surface area (Å²) in [4.78, 5) is 12.3. The third-order valence-electron chi connectivity index (χ3n) is 4.85. The number of aryl methyl sites for hydroxylation is 3. The van der Waals surface area contributed by atoms with Crippen molar-refractivity contribution in [2.24, 2.45) is 0 Å². The van der Waals surface area contributed by atoms with E-state index in [-0.39, 0.29) is 11.7 Å². The molecular weight excluding hydrogens is 386 g/mol. The number of ether oxygens (including phenoxy) is 1. The van der Waals surface area contributed by atoms with E-state index < -0.39 is 0 Å². The van der Waals surface area contributed by atoms with Gasteiger partial charge in [0.15, 0.2) is 0 Å². The van der Waals surface area contributed by atoms with Gasteiger partial charge in [0.05, 0.1) is 6.42 Å². The number of hydrogen-bond donors (Lipinski definition) is 2. The van der Waals surface area contributed by atoms with Gasteiger partial charge in [-0.25, -0.2) is 0 Å². The largest absolute Gasteiger partial charge is 0.508 e. The molecule has 0 bridgehead atoms. The van der Waals surface area contributed by atoms with Crippen LogP contribution >= 0.6 is 0 Å². The Hall–Kier alpha value is -3.27. The summed E-state index contributed by atoms with van der Waals surface area (Å²) in [6, 6.07) is 19.3. The minimum Gasteiger partial charge on any atom is -0.508 e. The molecule has 0 spiro atoms. The van der Waals surface area contributed by atoms with Crippen molar-refractivity contribution >= 4 is 5.91 Å². The molecule has 4 nitrogen and oxygen atoms in total. The lowest BCUT2D eigenvalue weighted by Crippen LogP contribution is -2.27. The van der Waals surface area contributed by atoms with Crippen molar-refractivity contribution < 1.29 is 14.6 Å². The van der Waals surface area contributed by atoms with E-state index in [2.05, 4.69) is 17.4 Å². The zero-order valence-corrected chi connectivity index (χ0v) is 19.2. The Kier molecular flexibility index (Phi) is 9.13. The van der Waals surface area contributed by atoms with Crippen molar-refractivity contribution in [1.29, 1.82) is 0 Å². The first kappa shape index (κ1) is 24.0. The number of nitrogens with one attached hydrogen (secondary N) is 1. The normalized spacial score (nSPS) is 10.1. The van der Waals surface area contributed by atoms with Crippen LogP contribution in [0.4, 0.5) is 0 Å². The highest BCUT2D eigenvalue weighted by atomic mass is 16.5. The second-order valence-corrected chi connectivity index (χ2v) is 7.37. The fourth-order valence-electron chi connectivity index (χ4n) is 3.35. The third-order valence-corrected chi connectivity index (χ3v) is 4.85. The van der Waals surface area contributed by atoms with Crippen molar-refractivity contribution in [3.63, 3.8) is 0 Å². The number of aromatic hydroxyl groups is 1. The van der Waals surface area contributed by atoms with Gasteiger partial charge in [0, 0.05) is 6.54 Å². The van der Waals surface area contributed by atoms with Gasteiger partial charge >= 0.3 is 0 Å². The molecule has 0 aliphatic heterocycles. The smallest absolute Gasteiger partial charge is 0.224 e. The molecule has 0 atom stereocenters. The molecule has 4 heteroatoms. The maximum absolute atomic E-state index is 12.3. The van der Waals surface area contributed by atoms with Crippen molar-refractivity contribution in [3.8, 4) is 17.2 Å². The maximum atomic E-state index is 12.3. The molecule has 31 heavy (non-hydrogen) atoms. The number of amides is 1. The molecule has 3 rings (SSSR count). The van der Waals surface area contributed by atoms with Crippen LogP contribution in [-0.4, -0.2) is 17.6 Å². The van der Waals surface area contributed by atoms with Crippen molar-refractivity contribution in [3.05, 3.63) is 88.5 Å². The standard InChI is InChI=1S/C25H27NO3.C2H6/c1-17-15-22(9-10-23(17)27)29-25-18(2)13-21(14-19(25)3)16-24(28)26-12-11-20-7-5-4-6-8-20;1-2/h4-10,13-15,27H,11-12,16H2,1-3H3,(H,26,28);1-2H3. The van der Waals surface area contributed by atoms with Crippen molar-refractivity contribution in [1.82, 2.24) is 5.32 Å². The van der Waals surface area contributed by atoms with Gasteiger partial charge in [-0.15, -0.1) is 0 Å². The van der Waals surface area contributed by atoms with Crippen LogP contribution in [0.15, 0.2) is 60.7 Å². The lowest BCUT2D eigenvalue weighted by Gasteiger charge is -2.14. The monoisotopic (exact) mass is 419 g/mol. The fourth-order valence-corrected chi connectivity index (χ4v) is 3.35. The van der Waals surface area contributed by atoms with Crippen molar-refractivity contribution in [2.45, 2.75) is 47.5 Å². The molecule has 0 radical (unpaired) electrons. The molecule has 2 N–H and O–H groups in total. The van der Waals surface area contributed by atoms with Crippen LogP contribution in [0.1, 0.15) is 41.7 Å². The van der Waals surface area contributed by atoms with E-state index in [1.807, 2.05) is 71.0 Å². The number of benzene rings is 3. The van der Waals surface area contributed by atoms with Crippen LogP contribution in [0.5, 0.6) is 17.2 Å². The summed E-state index contributed by atoms with van der Waals surface area (Å²) in [5.41, 5.74) is 4.89. The lowest BCUT2D eigenvalue weighted by molar-refractivity contribution is -0.120. The minimum absolute atomic E-state index is 0.0163. The second kappa shape index (κ2) is 11.8. The lowest BCUT2D eigenvalue weighted by atomic mass is 10.0. The van der Waals surface area contributed by atoms with Crippen LogP contribution in [-0.2, 0) is 17.6 Å². The number of rotatable bonds is 7. The molecule has 0 aliphatic carbocycles. The Morgan fingerprint density at radius 1 is 0.871 bits per heavy atom. The summed E-state index contributed by atoms with van der Waals surface area (Å²) in [5.74, 6) is 1.73. The molecule has 3 aromatic carbocycles.